The van der Waals surface area contributed by atoms with Crippen LogP contribution in [0.25, 0.3) is 0 Å². The largest absolute Gasteiger partial charge is 0.573 e. The van der Waals surface area contributed by atoms with E-state index in [0.717, 1.165) is 6.07 Å². The minimum atomic E-state index is -4.82. The summed E-state index contributed by atoms with van der Waals surface area (Å²) in [5.74, 6) is -0.423. The van der Waals surface area contributed by atoms with E-state index in [0.29, 0.717) is 0 Å². The highest BCUT2D eigenvalue weighted by Gasteiger charge is 2.52. The molecule has 0 spiro atoms. The Morgan fingerprint density at radius 3 is 2.10 bits per heavy atom. The van der Waals surface area contributed by atoms with E-state index in [2.05, 4.69) is 4.74 Å². The molecule has 0 atom stereocenters. The maximum atomic E-state index is 12.5. The maximum Gasteiger partial charge on any atom is 0.573 e. The van der Waals surface area contributed by atoms with Crippen LogP contribution in [-0.2, 0) is 9.31 Å². The Balaban J connectivity index is 2.37. The van der Waals surface area contributed by atoms with Gasteiger partial charge in [-0.25, -0.2) is 0 Å². The normalized spacial score (nSPS) is 20.7. The summed E-state index contributed by atoms with van der Waals surface area (Å²) in [6.45, 7) is 7.25. The molecule has 0 aromatic heterocycles. The summed E-state index contributed by atoms with van der Waals surface area (Å²) in [4.78, 5) is 0. The quantitative estimate of drug-likeness (QED) is 0.780. The van der Waals surface area contributed by atoms with E-state index in [1.807, 2.05) is 27.7 Å². The standard InChI is InChI=1S/C13H15BClF3O3/c1-11(2)12(3,4)21-14(20-11)9-6-5-8(15)7-10(9)19-13(16,17)18/h5-7H,1-4H3. The summed E-state index contributed by atoms with van der Waals surface area (Å²) >= 11 is 5.74. The van der Waals surface area contributed by atoms with E-state index in [9.17, 15) is 13.2 Å². The predicted octanol–water partition coefficient (Wildman–Crippen LogP) is 3.54. The van der Waals surface area contributed by atoms with Gasteiger partial charge in [-0.2, -0.15) is 0 Å². The third kappa shape index (κ3) is 3.47. The van der Waals surface area contributed by atoms with Gasteiger partial charge in [0.15, 0.2) is 0 Å². The smallest absolute Gasteiger partial charge is 0.406 e. The minimum absolute atomic E-state index is 0.134. The van der Waals surface area contributed by atoms with Crippen LogP contribution in [0.3, 0.4) is 0 Å². The molecule has 0 aliphatic carbocycles. The lowest BCUT2D eigenvalue weighted by Crippen LogP contribution is -2.41. The van der Waals surface area contributed by atoms with Crippen LogP contribution in [0.1, 0.15) is 27.7 Å². The first-order valence-electron chi connectivity index (χ1n) is 6.32. The first-order chi connectivity index (χ1) is 9.41. The topological polar surface area (TPSA) is 27.7 Å². The van der Waals surface area contributed by atoms with Gasteiger partial charge in [0.2, 0.25) is 0 Å². The van der Waals surface area contributed by atoms with Gasteiger partial charge in [-0.3, -0.25) is 0 Å². The molecule has 1 aromatic carbocycles. The van der Waals surface area contributed by atoms with Gasteiger partial charge in [0.1, 0.15) is 5.75 Å². The number of ether oxygens (including phenoxy) is 1. The first-order valence-corrected chi connectivity index (χ1v) is 6.70. The third-order valence-corrected chi connectivity index (χ3v) is 3.94. The van der Waals surface area contributed by atoms with Crippen LogP contribution in [0, 0.1) is 0 Å². The van der Waals surface area contributed by atoms with Crippen molar-refractivity contribution in [3.63, 3.8) is 0 Å². The second-order valence-electron chi connectivity index (χ2n) is 5.82. The van der Waals surface area contributed by atoms with Gasteiger partial charge < -0.3 is 14.0 Å². The molecule has 1 aromatic rings. The lowest BCUT2D eigenvalue weighted by Gasteiger charge is -2.32. The second kappa shape index (κ2) is 5.07. The van der Waals surface area contributed by atoms with Gasteiger partial charge in [-0.1, -0.05) is 17.7 Å². The van der Waals surface area contributed by atoms with E-state index in [1.54, 1.807) is 0 Å². The molecule has 1 saturated heterocycles. The van der Waals surface area contributed by atoms with Crippen molar-refractivity contribution in [1.29, 1.82) is 0 Å². The molecule has 0 unspecified atom stereocenters. The van der Waals surface area contributed by atoms with Crippen LogP contribution in [0.5, 0.6) is 5.75 Å². The lowest BCUT2D eigenvalue weighted by atomic mass is 9.78. The van der Waals surface area contributed by atoms with Crippen molar-refractivity contribution in [3.05, 3.63) is 23.2 Å². The van der Waals surface area contributed by atoms with Gasteiger partial charge in [0, 0.05) is 10.5 Å². The van der Waals surface area contributed by atoms with Crippen LogP contribution >= 0.6 is 11.6 Å². The Hall–Kier alpha value is -0.915. The highest BCUT2D eigenvalue weighted by Crippen LogP contribution is 2.37. The fourth-order valence-electron chi connectivity index (χ4n) is 1.89. The molecule has 8 heteroatoms. The van der Waals surface area contributed by atoms with Crippen molar-refractivity contribution in [2.75, 3.05) is 0 Å². The average molecular weight is 323 g/mol. The number of hydrogen-bond donors (Lipinski definition) is 0. The summed E-state index contributed by atoms with van der Waals surface area (Å²) in [5.41, 5.74) is -1.17. The molecule has 0 amide bonds. The molecule has 0 saturated carbocycles. The van der Waals surface area contributed by atoms with E-state index in [4.69, 9.17) is 20.9 Å². The van der Waals surface area contributed by atoms with Crippen LogP contribution in [-0.4, -0.2) is 24.7 Å². The molecular weight excluding hydrogens is 307 g/mol. The fourth-order valence-corrected chi connectivity index (χ4v) is 2.05. The minimum Gasteiger partial charge on any atom is -0.406 e. The zero-order valence-electron chi connectivity index (χ0n) is 12.0. The first kappa shape index (κ1) is 16.5. The maximum absolute atomic E-state index is 12.5. The lowest BCUT2D eigenvalue weighted by molar-refractivity contribution is -0.274. The van der Waals surface area contributed by atoms with Crippen molar-refractivity contribution in [3.8, 4) is 5.75 Å². The second-order valence-corrected chi connectivity index (χ2v) is 6.25. The monoisotopic (exact) mass is 322 g/mol. The van der Waals surface area contributed by atoms with E-state index in [1.165, 1.54) is 12.1 Å². The highest BCUT2D eigenvalue weighted by molar-refractivity contribution is 6.63. The van der Waals surface area contributed by atoms with Gasteiger partial charge in [-0.15, -0.1) is 13.2 Å². The zero-order chi connectivity index (χ0) is 16.1. The van der Waals surface area contributed by atoms with Crippen molar-refractivity contribution in [1.82, 2.24) is 0 Å². The molecule has 0 bridgehead atoms. The van der Waals surface area contributed by atoms with Crippen molar-refractivity contribution >= 4 is 24.2 Å². The summed E-state index contributed by atoms with van der Waals surface area (Å²) < 4.78 is 53.0. The zero-order valence-corrected chi connectivity index (χ0v) is 12.8. The number of halogens is 4. The van der Waals surface area contributed by atoms with Crippen LogP contribution in [0.2, 0.25) is 5.02 Å². The van der Waals surface area contributed by atoms with Gasteiger partial charge in [0.25, 0.3) is 0 Å². The van der Waals surface area contributed by atoms with Crippen LogP contribution in [0.4, 0.5) is 13.2 Å². The Kier molecular flexibility index (Phi) is 3.97. The van der Waals surface area contributed by atoms with E-state index < -0.39 is 30.4 Å². The van der Waals surface area contributed by atoms with Crippen molar-refractivity contribution < 1.29 is 27.2 Å². The molecule has 1 heterocycles. The fraction of sp³-hybridized carbons (Fsp3) is 0.538. The molecule has 0 N–H and O–H groups in total. The summed E-state index contributed by atoms with van der Waals surface area (Å²) in [5, 5.41) is 0.134. The van der Waals surface area contributed by atoms with Gasteiger partial charge >= 0.3 is 13.5 Å². The van der Waals surface area contributed by atoms with Crippen LogP contribution < -0.4 is 10.2 Å². The average Bonchev–Trinajstić information content (AvgIpc) is 2.45. The number of alkyl halides is 3. The summed E-state index contributed by atoms with van der Waals surface area (Å²) in [6.07, 6.45) is -4.82. The Morgan fingerprint density at radius 2 is 1.62 bits per heavy atom. The number of benzene rings is 1. The molecule has 2 rings (SSSR count). The molecule has 1 fully saturated rings. The molecule has 3 nitrogen and oxygen atoms in total. The molecule has 1 aliphatic heterocycles. The van der Waals surface area contributed by atoms with E-state index in [-0.39, 0.29) is 10.5 Å². The van der Waals surface area contributed by atoms with Crippen LogP contribution in [0.15, 0.2) is 18.2 Å². The molecule has 116 valence electrons. The molecular formula is C13H15BClF3O3. The molecule has 1 aliphatic rings. The molecule has 0 radical (unpaired) electrons. The van der Waals surface area contributed by atoms with Gasteiger partial charge in [0.05, 0.1) is 11.2 Å². The Labute approximate surface area is 126 Å². The van der Waals surface area contributed by atoms with Crippen molar-refractivity contribution in [2.45, 2.75) is 45.3 Å². The summed E-state index contributed by atoms with van der Waals surface area (Å²) in [7, 11) is -0.954. The number of rotatable bonds is 2. The Bertz CT molecular complexity index is 530. The van der Waals surface area contributed by atoms with Gasteiger partial charge in [-0.05, 0) is 39.8 Å². The van der Waals surface area contributed by atoms with Crippen molar-refractivity contribution in [2.24, 2.45) is 0 Å². The third-order valence-electron chi connectivity index (χ3n) is 3.71. The Morgan fingerprint density at radius 1 is 1.10 bits per heavy atom. The summed E-state index contributed by atoms with van der Waals surface area (Å²) in [6, 6.07) is 3.96. The number of hydrogen-bond acceptors (Lipinski definition) is 3. The predicted molar refractivity (Wildman–Crippen MR) is 73.9 cm³/mol. The van der Waals surface area contributed by atoms with E-state index >= 15 is 0 Å². The SMILES string of the molecule is CC1(C)OB(c2ccc(Cl)cc2OC(F)(F)F)OC1(C)C. The highest BCUT2D eigenvalue weighted by atomic mass is 35.5. The molecule has 21 heavy (non-hydrogen) atoms.